The highest BCUT2D eigenvalue weighted by Crippen LogP contribution is 2.18. The lowest BCUT2D eigenvalue weighted by atomic mass is 9.97. The van der Waals surface area contributed by atoms with Crippen molar-refractivity contribution < 1.29 is 52.8 Å². The molecule has 11 nitrogen and oxygen atoms in total. The molecule has 0 aromatic heterocycles. The van der Waals surface area contributed by atoms with Crippen LogP contribution in [0.2, 0.25) is 0 Å². The van der Waals surface area contributed by atoms with Crippen LogP contribution in [0.15, 0.2) is 42.5 Å². The fraction of sp³-hybridized carbons (Fsp3) is 0.320. The summed E-state index contributed by atoms with van der Waals surface area (Å²) in [6.45, 7) is 2.88. The zero-order valence-electron chi connectivity index (χ0n) is 19.8. The predicted octanol–water partition coefficient (Wildman–Crippen LogP) is 2.42. The Morgan fingerprint density at radius 2 is 1.39 bits per heavy atom. The van der Waals surface area contributed by atoms with Gasteiger partial charge in [0.1, 0.15) is 13.2 Å². The lowest BCUT2D eigenvalue weighted by Crippen LogP contribution is -2.16. The van der Waals surface area contributed by atoms with Crippen molar-refractivity contribution in [3.8, 4) is 0 Å². The first-order valence-electron chi connectivity index (χ1n) is 10.7. The Labute approximate surface area is 206 Å². The van der Waals surface area contributed by atoms with Crippen LogP contribution in [0.1, 0.15) is 60.3 Å². The Morgan fingerprint density at radius 1 is 0.778 bits per heavy atom. The van der Waals surface area contributed by atoms with Gasteiger partial charge in [-0.15, -0.1) is 0 Å². The molecule has 2 aromatic carbocycles. The monoisotopic (exact) mass is 502 g/mol. The number of hydrogen-bond donors (Lipinski definition) is 1. The third-order valence-electron chi connectivity index (χ3n) is 4.42. The van der Waals surface area contributed by atoms with Gasteiger partial charge in [0.2, 0.25) is 0 Å². The summed E-state index contributed by atoms with van der Waals surface area (Å²) < 4.78 is 20.2. The summed E-state index contributed by atoms with van der Waals surface area (Å²) in [4.78, 5) is 65.4. The third-order valence-corrected chi connectivity index (χ3v) is 4.42. The summed E-state index contributed by atoms with van der Waals surface area (Å²) in [7, 11) is 1.48. The van der Waals surface area contributed by atoms with Crippen molar-refractivity contribution >= 4 is 29.8 Å². The van der Waals surface area contributed by atoms with Gasteiger partial charge >= 0.3 is 24.1 Å². The van der Waals surface area contributed by atoms with Gasteiger partial charge in [0.15, 0.2) is 5.78 Å². The first-order valence-corrected chi connectivity index (χ1v) is 10.7. The van der Waals surface area contributed by atoms with Crippen molar-refractivity contribution in [1.82, 2.24) is 0 Å². The highest BCUT2D eigenvalue weighted by Gasteiger charge is 2.21. The molecule has 0 spiro atoms. The number of rotatable bonds is 13. The van der Waals surface area contributed by atoms with E-state index >= 15 is 0 Å². The molecule has 0 aliphatic carbocycles. The summed E-state index contributed by atoms with van der Waals surface area (Å²) in [6.07, 6.45) is 1.06. The van der Waals surface area contributed by atoms with Crippen LogP contribution in [0.3, 0.4) is 0 Å². The Bertz CT molecular complexity index is 1090. The van der Waals surface area contributed by atoms with Crippen molar-refractivity contribution in [2.45, 2.75) is 13.3 Å². The van der Waals surface area contributed by atoms with Crippen molar-refractivity contribution in [1.29, 1.82) is 0 Å². The minimum atomic E-state index is -1.33. The standard InChI is InChI=1S/C24H26O9.CO2/c1-3-9-31-11-13-33-24(29)20-15-17(7-8-19(20)22(26)27)21(25)16-5-4-6-18(14-16)23(28)32-12-10-30-2;2-1-3/h4-8,14-15H,3,9-13H2,1-2H3,(H,26,27);. The molecule has 0 saturated carbocycles. The van der Waals surface area contributed by atoms with Crippen LogP contribution >= 0.6 is 0 Å². The van der Waals surface area contributed by atoms with Gasteiger partial charge in [0, 0.05) is 24.8 Å². The molecule has 11 heteroatoms. The van der Waals surface area contributed by atoms with E-state index < -0.39 is 23.7 Å². The van der Waals surface area contributed by atoms with Crippen molar-refractivity contribution in [2.24, 2.45) is 0 Å². The number of methoxy groups -OCH3 is 1. The molecule has 0 fully saturated rings. The Kier molecular flexibility index (Phi) is 13.6. The maximum absolute atomic E-state index is 13.0. The molecule has 0 amide bonds. The maximum atomic E-state index is 13.0. The van der Waals surface area contributed by atoms with E-state index in [1.54, 1.807) is 0 Å². The lowest BCUT2D eigenvalue weighted by Gasteiger charge is -2.10. The summed E-state index contributed by atoms with van der Waals surface area (Å²) >= 11 is 0. The number of carboxylic acid groups (broad SMARTS) is 1. The van der Waals surface area contributed by atoms with Gasteiger partial charge in [-0.3, -0.25) is 4.79 Å². The topological polar surface area (TPSA) is 160 Å². The minimum Gasteiger partial charge on any atom is -0.478 e. The average Bonchev–Trinajstić information content (AvgIpc) is 2.88. The van der Waals surface area contributed by atoms with Crippen LogP contribution in [0, 0.1) is 0 Å². The first kappa shape index (κ1) is 29.9. The molecule has 0 atom stereocenters. The Morgan fingerprint density at radius 3 is 2.03 bits per heavy atom. The Hall–Kier alpha value is -4.18. The van der Waals surface area contributed by atoms with E-state index in [1.807, 2.05) is 6.92 Å². The van der Waals surface area contributed by atoms with Gasteiger partial charge in [-0.2, -0.15) is 9.59 Å². The molecule has 192 valence electrons. The zero-order chi connectivity index (χ0) is 26.9. The number of carboxylic acids is 1. The van der Waals surface area contributed by atoms with Crippen LogP contribution in [0.4, 0.5) is 0 Å². The second kappa shape index (κ2) is 16.4. The van der Waals surface area contributed by atoms with Crippen LogP contribution in [0.25, 0.3) is 0 Å². The SMILES string of the molecule is CCCOCCOC(=O)c1cc(C(=O)c2cccc(C(=O)OCCOC)c2)ccc1C(=O)O.O=C=O. The molecule has 0 aliphatic rings. The van der Waals surface area contributed by atoms with Gasteiger partial charge in [-0.05, 0) is 30.7 Å². The first-order chi connectivity index (χ1) is 17.3. The van der Waals surface area contributed by atoms with E-state index in [4.69, 9.17) is 28.5 Å². The number of aromatic carboxylic acids is 1. The number of benzene rings is 2. The molecule has 2 aromatic rings. The smallest absolute Gasteiger partial charge is 0.373 e. The van der Waals surface area contributed by atoms with Crippen LogP contribution in [-0.4, -0.2) is 75.1 Å². The molecule has 2 rings (SSSR count). The highest BCUT2D eigenvalue weighted by molar-refractivity contribution is 6.12. The van der Waals surface area contributed by atoms with Gasteiger partial charge in [-0.25, -0.2) is 14.4 Å². The molecule has 0 aliphatic heterocycles. The lowest BCUT2D eigenvalue weighted by molar-refractivity contribution is -0.191. The Balaban J connectivity index is 0.00000205. The third kappa shape index (κ3) is 9.59. The van der Waals surface area contributed by atoms with E-state index in [9.17, 15) is 24.3 Å². The molecule has 0 bridgehead atoms. The zero-order valence-corrected chi connectivity index (χ0v) is 19.8. The molecular weight excluding hydrogens is 476 g/mol. The van der Waals surface area contributed by atoms with E-state index in [0.29, 0.717) is 6.61 Å². The number of hydrogen-bond acceptors (Lipinski definition) is 10. The van der Waals surface area contributed by atoms with Gasteiger partial charge in [0.05, 0.1) is 29.9 Å². The second-order valence-electron chi connectivity index (χ2n) is 6.94. The molecule has 0 unspecified atom stereocenters. The number of ketones is 1. The maximum Gasteiger partial charge on any atom is 0.373 e. The number of esters is 2. The summed E-state index contributed by atoms with van der Waals surface area (Å²) in [5, 5.41) is 9.41. The molecule has 0 saturated heterocycles. The summed E-state index contributed by atoms with van der Waals surface area (Å²) in [6, 6.07) is 9.54. The summed E-state index contributed by atoms with van der Waals surface area (Å²) in [5.41, 5.74) is -0.128. The predicted molar refractivity (Wildman–Crippen MR) is 122 cm³/mol. The molecule has 0 heterocycles. The average molecular weight is 502 g/mol. The van der Waals surface area contributed by atoms with E-state index in [-0.39, 0.29) is 60.4 Å². The summed E-state index contributed by atoms with van der Waals surface area (Å²) in [5.74, 6) is -3.32. The molecule has 0 radical (unpaired) electrons. The van der Waals surface area contributed by atoms with E-state index in [0.717, 1.165) is 6.42 Å². The van der Waals surface area contributed by atoms with Crippen LogP contribution in [0.5, 0.6) is 0 Å². The molecular formula is C25H26O11. The number of carbonyl (C=O) groups is 4. The van der Waals surface area contributed by atoms with Crippen molar-refractivity contribution in [3.05, 3.63) is 70.3 Å². The van der Waals surface area contributed by atoms with Crippen molar-refractivity contribution in [2.75, 3.05) is 40.1 Å². The fourth-order valence-corrected chi connectivity index (χ4v) is 2.81. The molecule has 36 heavy (non-hydrogen) atoms. The second-order valence-corrected chi connectivity index (χ2v) is 6.94. The number of carbonyl (C=O) groups excluding carboxylic acids is 5. The molecule has 1 N–H and O–H groups in total. The van der Waals surface area contributed by atoms with Gasteiger partial charge < -0.3 is 24.1 Å². The van der Waals surface area contributed by atoms with E-state index in [2.05, 4.69) is 0 Å². The minimum absolute atomic E-state index is 0.0523. The van der Waals surface area contributed by atoms with Gasteiger partial charge in [0.25, 0.3) is 0 Å². The number of ether oxygens (including phenoxy) is 4. The quantitative estimate of drug-likeness (QED) is 0.243. The fourth-order valence-electron chi connectivity index (χ4n) is 2.81. The van der Waals surface area contributed by atoms with Gasteiger partial charge in [-0.1, -0.05) is 25.1 Å². The highest BCUT2D eigenvalue weighted by atomic mass is 16.6. The van der Waals surface area contributed by atoms with Crippen LogP contribution in [-0.2, 0) is 28.5 Å². The van der Waals surface area contributed by atoms with Crippen LogP contribution < -0.4 is 0 Å². The normalized spacial score (nSPS) is 9.83. The van der Waals surface area contributed by atoms with Crippen molar-refractivity contribution in [3.63, 3.8) is 0 Å². The van der Waals surface area contributed by atoms with E-state index in [1.165, 1.54) is 49.6 Å². The largest absolute Gasteiger partial charge is 0.478 e.